The van der Waals surface area contributed by atoms with E-state index in [0.29, 0.717) is 11.3 Å². The molecule has 0 aliphatic carbocycles. The molecular formula is C16H18BNO2. The van der Waals surface area contributed by atoms with Crippen LogP contribution in [0.4, 0.5) is 5.69 Å². The van der Waals surface area contributed by atoms with Crippen molar-refractivity contribution in [2.24, 2.45) is 0 Å². The zero-order chi connectivity index (χ0) is 14.4. The number of anilines is 1. The predicted octanol–water partition coefficient (Wildman–Crippen LogP) is 2.52. The molecule has 0 radical (unpaired) electrons. The van der Waals surface area contributed by atoms with Gasteiger partial charge in [0.05, 0.1) is 5.56 Å². The Morgan fingerprint density at radius 2 is 1.75 bits per heavy atom. The van der Waals surface area contributed by atoms with Gasteiger partial charge < -0.3 is 10.3 Å². The molecule has 2 rings (SSSR count). The number of carbonyl (C=O) groups is 1. The van der Waals surface area contributed by atoms with Crippen LogP contribution in [0.25, 0.3) is 0 Å². The van der Waals surface area contributed by atoms with Gasteiger partial charge in [-0.25, -0.2) is 4.79 Å². The summed E-state index contributed by atoms with van der Waals surface area (Å²) in [5.74, 6) is -0.898. The molecule has 2 aromatic carbocycles. The van der Waals surface area contributed by atoms with E-state index in [1.807, 2.05) is 18.2 Å². The van der Waals surface area contributed by atoms with E-state index < -0.39 is 5.97 Å². The number of aromatic carboxylic acids is 1. The average molecular weight is 267 g/mol. The molecular weight excluding hydrogens is 249 g/mol. The van der Waals surface area contributed by atoms with Crippen molar-refractivity contribution >= 4 is 19.6 Å². The first-order chi connectivity index (χ1) is 9.70. The van der Waals surface area contributed by atoms with Crippen molar-refractivity contribution in [2.75, 3.05) is 5.23 Å². The normalized spacial score (nSPS) is 10.2. The second-order valence-corrected chi connectivity index (χ2v) is 4.77. The number of hydrogen-bond donors (Lipinski definition) is 2. The van der Waals surface area contributed by atoms with Crippen molar-refractivity contribution in [1.29, 1.82) is 0 Å². The standard InChI is InChI=1S/C16H18BNO2/c17-18-15-11-13(9-10-14(15)16(19)20)8-4-7-12-5-2-1-3-6-12/h1-3,5-6,9-11,18H,4,7-8,17H2,(H,19,20). The molecule has 0 fully saturated rings. The van der Waals surface area contributed by atoms with Gasteiger partial charge in [0, 0.05) is 5.69 Å². The minimum atomic E-state index is -0.898. The molecule has 0 spiro atoms. The molecule has 0 atom stereocenters. The molecule has 20 heavy (non-hydrogen) atoms. The summed E-state index contributed by atoms with van der Waals surface area (Å²) >= 11 is 0. The third kappa shape index (κ3) is 3.64. The number of carboxylic acids is 1. The van der Waals surface area contributed by atoms with E-state index in [9.17, 15) is 4.79 Å². The van der Waals surface area contributed by atoms with Crippen molar-refractivity contribution in [2.45, 2.75) is 19.3 Å². The van der Waals surface area contributed by atoms with Crippen molar-refractivity contribution in [3.8, 4) is 0 Å². The minimum Gasteiger partial charge on any atom is -0.478 e. The summed E-state index contributed by atoms with van der Waals surface area (Å²) in [7, 11) is 1.75. The van der Waals surface area contributed by atoms with Crippen molar-refractivity contribution < 1.29 is 9.90 Å². The van der Waals surface area contributed by atoms with Gasteiger partial charge in [0.1, 0.15) is 0 Å². The Balaban J connectivity index is 1.98. The quantitative estimate of drug-likeness (QED) is 0.791. The number of nitrogens with one attached hydrogen (secondary N) is 1. The number of carboxylic acid groups (broad SMARTS) is 1. The maximum Gasteiger partial charge on any atom is 0.337 e. The zero-order valence-corrected chi connectivity index (χ0v) is 11.6. The molecule has 0 saturated heterocycles. The van der Waals surface area contributed by atoms with Gasteiger partial charge in [-0.1, -0.05) is 36.4 Å². The SMILES string of the molecule is BNc1cc(CCCc2ccccc2)ccc1C(=O)O. The van der Waals surface area contributed by atoms with E-state index in [1.165, 1.54) is 5.56 Å². The fraction of sp³-hybridized carbons (Fsp3) is 0.188. The lowest BCUT2D eigenvalue weighted by Gasteiger charge is -2.09. The molecule has 0 unspecified atom stereocenters. The topological polar surface area (TPSA) is 49.3 Å². The van der Waals surface area contributed by atoms with Crippen LogP contribution in [0.2, 0.25) is 0 Å². The van der Waals surface area contributed by atoms with E-state index in [-0.39, 0.29) is 0 Å². The first-order valence-electron chi connectivity index (χ1n) is 6.78. The second-order valence-electron chi connectivity index (χ2n) is 4.77. The molecule has 4 heteroatoms. The van der Waals surface area contributed by atoms with E-state index in [0.717, 1.165) is 24.8 Å². The summed E-state index contributed by atoms with van der Waals surface area (Å²) < 4.78 is 0. The zero-order valence-electron chi connectivity index (χ0n) is 11.6. The summed E-state index contributed by atoms with van der Waals surface area (Å²) in [5, 5.41) is 12.0. The Kier molecular flexibility index (Phi) is 4.83. The van der Waals surface area contributed by atoms with Crippen LogP contribution in [0.5, 0.6) is 0 Å². The lowest BCUT2D eigenvalue weighted by molar-refractivity contribution is 0.0698. The van der Waals surface area contributed by atoms with Gasteiger partial charge in [-0.3, -0.25) is 0 Å². The van der Waals surface area contributed by atoms with Crippen LogP contribution in [-0.4, -0.2) is 19.1 Å². The Morgan fingerprint density at radius 3 is 2.40 bits per heavy atom. The first-order valence-corrected chi connectivity index (χ1v) is 6.78. The first kappa shape index (κ1) is 14.2. The predicted molar refractivity (Wildman–Crippen MR) is 84.0 cm³/mol. The number of hydrogen-bond acceptors (Lipinski definition) is 2. The monoisotopic (exact) mass is 267 g/mol. The Hall–Kier alpha value is -2.23. The van der Waals surface area contributed by atoms with Gasteiger partial charge in [0.15, 0.2) is 0 Å². The Morgan fingerprint density at radius 1 is 1.05 bits per heavy atom. The molecule has 0 bridgehead atoms. The molecule has 0 heterocycles. The minimum absolute atomic E-state index is 0.319. The van der Waals surface area contributed by atoms with Crippen LogP contribution in [0.15, 0.2) is 48.5 Å². The van der Waals surface area contributed by atoms with Gasteiger partial charge in [0.25, 0.3) is 0 Å². The summed E-state index contributed by atoms with van der Waals surface area (Å²) in [6.07, 6.45) is 3.04. The fourth-order valence-electron chi connectivity index (χ4n) is 2.28. The molecule has 0 aliphatic rings. The molecule has 0 aliphatic heterocycles. The van der Waals surface area contributed by atoms with Crippen LogP contribution in [-0.2, 0) is 12.8 Å². The average Bonchev–Trinajstić information content (AvgIpc) is 2.48. The highest BCUT2D eigenvalue weighted by atomic mass is 16.4. The molecule has 3 nitrogen and oxygen atoms in total. The second kappa shape index (κ2) is 6.80. The summed E-state index contributed by atoms with van der Waals surface area (Å²) in [5.41, 5.74) is 3.49. The van der Waals surface area contributed by atoms with Crippen molar-refractivity contribution in [3.63, 3.8) is 0 Å². The molecule has 0 saturated carbocycles. The highest BCUT2D eigenvalue weighted by Crippen LogP contribution is 2.19. The van der Waals surface area contributed by atoms with Crippen molar-refractivity contribution in [1.82, 2.24) is 0 Å². The third-order valence-corrected chi connectivity index (χ3v) is 3.36. The largest absolute Gasteiger partial charge is 0.478 e. The van der Waals surface area contributed by atoms with Crippen LogP contribution in [0.3, 0.4) is 0 Å². The number of benzene rings is 2. The summed E-state index contributed by atoms with van der Waals surface area (Å²) in [6.45, 7) is 0. The van der Waals surface area contributed by atoms with E-state index in [4.69, 9.17) is 5.11 Å². The van der Waals surface area contributed by atoms with Gasteiger partial charge in [0.2, 0.25) is 7.98 Å². The molecule has 0 aromatic heterocycles. The molecule has 102 valence electrons. The summed E-state index contributed by atoms with van der Waals surface area (Å²) in [6, 6.07) is 15.9. The summed E-state index contributed by atoms with van der Waals surface area (Å²) in [4.78, 5) is 11.1. The van der Waals surface area contributed by atoms with E-state index >= 15 is 0 Å². The van der Waals surface area contributed by atoms with Crippen molar-refractivity contribution in [3.05, 3.63) is 65.2 Å². The van der Waals surface area contributed by atoms with E-state index in [1.54, 1.807) is 14.0 Å². The fourth-order valence-corrected chi connectivity index (χ4v) is 2.28. The van der Waals surface area contributed by atoms with Gasteiger partial charge in [-0.15, -0.1) is 0 Å². The number of rotatable bonds is 6. The van der Waals surface area contributed by atoms with Gasteiger partial charge in [-0.2, -0.15) is 0 Å². The maximum absolute atomic E-state index is 11.1. The van der Waals surface area contributed by atoms with Crippen LogP contribution >= 0.6 is 0 Å². The van der Waals surface area contributed by atoms with Crippen LogP contribution in [0, 0.1) is 0 Å². The lowest BCUT2D eigenvalue weighted by atomic mass is 10.0. The third-order valence-electron chi connectivity index (χ3n) is 3.36. The van der Waals surface area contributed by atoms with E-state index in [2.05, 4.69) is 29.5 Å². The smallest absolute Gasteiger partial charge is 0.337 e. The highest BCUT2D eigenvalue weighted by Gasteiger charge is 2.09. The molecule has 2 aromatic rings. The van der Waals surface area contributed by atoms with Gasteiger partial charge in [-0.05, 0) is 42.5 Å². The Bertz CT molecular complexity index is 584. The molecule has 0 amide bonds. The van der Waals surface area contributed by atoms with Crippen LogP contribution in [0.1, 0.15) is 27.9 Å². The Labute approximate surface area is 120 Å². The number of aryl methyl sites for hydroxylation is 2. The van der Waals surface area contributed by atoms with Gasteiger partial charge >= 0.3 is 5.97 Å². The highest BCUT2D eigenvalue weighted by molar-refractivity contribution is 6.17. The maximum atomic E-state index is 11.1. The molecule has 2 N–H and O–H groups in total. The lowest BCUT2D eigenvalue weighted by Crippen LogP contribution is -2.04. The van der Waals surface area contributed by atoms with Crippen LogP contribution < -0.4 is 5.23 Å².